The van der Waals surface area contributed by atoms with Crippen molar-refractivity contribution in [1.29, 1.82) is 0 Å². The molecule has 8 nitrogen and oxygen atoms in total. The molecule has 2 fully saturated rings. The lowest BCUT2D eigenvalue weighted by Gasteiger charge is -2.43. The number of anilines is 1. The van der Waals surface area contributed by atoms with E-state index in [-0.39, 0.29) is 12.2 Å². The Morgan fingerprint density at radius 1 is 1.10 bits per heavy atom. The van der Waals surface area contributed by atoms with Crippen LogP contribution in [0.5, 0.6) is 0 Å². The fraction of sp³-hybridized carbons (Fsp3) is 0.387. The second-order valence-corrected chi connectivity index (χ2v) is 11.7. The van der Waals surface area contributed by atoms with Crippen LogP contribution in [0.3, 0.4) is 0 Å². The van der Waals surface area contributed by atoms with Gasteiger partial charge in [-0.3, -0.25) is 0 Å². The first-order chi connectivity index (χ1) is 18.7. The number of carbonyl (C=O) groups is 1. The number of amides is 1. The maximum atomic E-state index is 12.6. The third-order valence-corrected chi connectivity index (χ3v) is 7.68. The zero-order chi connectivity index (χ0) is 27.2. The summed E-state index contributed by atoms with van der Waals surface area (Å²) in [6, 6.07) is 20.8. The second-order valence-electron chi connectivity index (χ2n) is 11.7. The Morgan fingerprint density at radius 3 is 2.46 bits per heavy atom. The average Bonchev–Trinajstić information content (AvgIpc) is 3.49. The van der Waals surface area contributed by atoms with E-state index in [0.717, 1.165) is 65.8 Å². The summed E-state index contributed by atoms with van der Waals surface area (Å²) in [6.07, 6.45) is 4.72. The van der Waals surface area contributed by atoms with Crippen molar-refractivity contribution in [3.05, 3.63) is 72.4 Å². The van der Waals surface area contributed by atoms with Gasteiger partial charge in [0.05, 0.1) is 34.6 Å². The van der Waals surface area contributed by atoms with Crippen molar-refractivity contribution in [1.82, 2.24) is 19.9 Å². The molecule has 4 aromatic rings. The fourth-order valence-corrected chi connectivity index (χ4v) is 5.60. The molecule has 1 saturated carbocycles. The largest absolute Gasteiger partial charge is 0.444 e. The van der Waals surface area contributed by atoms with Gasteiger partial charge in [0, 0.05) is 18.8 Å². The quantitative estimate of drug-likeness (QED) is 0.354. The van der Waals surface area contributed by atoms with Gasteiger partial charge in [0.15, 0.2) is 0 Å². The molecular weight excluding hydrogens is 490 g/mol. The minimum Gasteiger partial charge on any atom is -0.444 e. The van der Waals surface area contributed by atoms with E-state index in [1.54, 1.807) is 0 Å². The number of aliphatic hydroxyl groups excluding tert-OH is 1. The summed E-state index contributed by atoms with van der Waals surface area (Å²) in [7, 11) is 0. The number of β-amino-alcohol motifs (C(OH)–C–C–N with tert-alkyl or cyclic N) is 1. The maximum Gasteiger partial charge on any atom is 0.408 e. The Morgan fingerprint density at radius 2 is 1.85 bits per heavy atom. The molecule has 6 rings (SSSR count). The van der Waals surface area contributed by atoms with Gasteiger partial charge in [-0.25, -0.2) is 14.8 Å². The first-order valence-corrected chi connectivity index (χ1v) is 13.7. The van der Waals surface area contributed by atoms with Crippen LogP contribution in [-0.4, -0.2) is 50.5 Å². The van der Waals surface area contributed by atoms with Gasteiger partial charge in [0.2, 0.25) is 5.95 Å². The number of rotatable bonds is 5. The zero-order valence-corrected chi connectivity index (χ0v) is 22.7. The van der Waals surface area contributed by atoms with Crippen LogP contribution >= 0.6 is 0 Å². The number of alkyl carbamates (subject to hydrolysis) is 1. The number of nitrogens with one attached hydrogen (secondary N) is 1. The fourth-order valence-electron chi connectivity index (χ4n) is 5.60. The molecule has 1 unspecified atom stereocenters. The second kappa shape index (κ2) is 9.68. The number of aliphatic hydroxyl groups is 1. The van der Waals surface area contributed by atoms with Crippen LogP contribution in [0.2, 0.25) is 0 Å². The number of hydrogen-bond acceptors (Lipinski definition) is 6. The monoisotopic (exact) mass is 525 g/mol. The summed E-state index contributed by atoms with van der Waals surface area (Å²) in [5.41, 5.74) is 5.00. The van der Waals surface area contributed by atoms with Crippen molar-refractivity contribution in [3.8, 4) is 16.9 Å². The highest BCUT2D eigenvalue weighted by atomic mass is 16.6. The molecule has 2 aliphatic rings. The summed E-state index contributed by atoms with van der Waals surface area (Å²) in [4.78, 5) is 24.2. The van der Waals surface area contributed by atoms with E-state index in [2.05, 4.69) is 57.3 Å². The number of hydrogen-bond donors (Lipinski definition) is 2. The van der Waals surface area contributed by atoms with Crippen molar-refractivity contribution in [2.75, 3.05) is 18.0 Å². The first kappa shape index (κ1) is 25.4. The Kier molecular flexibility index (Phi) is 6.30. The molecule has 0 spiro atoms. The molecule has 1 aliphatic heterocycles. The van der Waals surface area contributed by atoms with Gasteiger partial charge in [-0.1, -0.05) is 42.5 Å². The van der Waals surface area contributed by atoms with Gasteiger partial charge in [-0.2, -0.15) is 0 Å². The molecule has 1 saturated heterocycles. The molecule has 202 valence electrons. The lowest BCUT2D eigenvalue weighted by molar-refractivity contribution is 0.0377. The predicted octanol–water partition coefficient (Wildman–Crippen LogP) is 5.56. The number of fused-ring (bicyclic) bond motifs is 1. The first-order valence-electron chi connectivity index (χ1n) is 13.7. The van der Waals surface area contributed by atoms with Gasteiger partial charge in [-0.05, 0) is 75.8 Å². The topological polar surface area (TPSA) is 92.5 Å². The molecule has 2 N–H and O–H groups in total. The molecule has 3 heterocycles. The van der Waals surface area contributed by atoms with Gasteiger partial charge in [-0.15, -0.1) is 0 Å². The van der Waals surface area contributed by atoms with Crippen LogP contribution < -0.4 is 10.2 Å². The Hall–Kier alpha value is -3.91. The molecule has 1 atom stereocenters. The van der Waals surface area contributed by atoms with Crippen LogP contribution in [0.1, 0.15) is 52.0 Å². The van der Waals surface area contributed by atoms with Crippen LogP contribution in [0.15, 0.2) is 66.9 Å². The standard InChI is InChI=1S/C31H35N5O3/c1-30(2,3)39-29(38)34-31(15-7-16-31)22-10-12-23(13-11-22)36-26(21-8-5-4-6-9-21)18-25-27(36)19-32-28(33-25)35-17-14-24(37)20-35/h4-6,8-13,18-19,24,37H,7,14-17,20H2,1-3H3,(H,34,38). The van der Waals surface area contributed by atoms with E-state index in [1.807, 2.05) is 50.1 Å². The van der Waals surface area contributed by atoms with Crippen LogP contribution in [0.25, 0.3) is 28.0 Å². The summed E-state index contributed by atoms with van der Waals surface area (Å²) < 4.78 is 7.74. The molecule has 0 radical (unpaired) electrons. The predicted molar refractivity (Wildman–Crippen MR) is 152 cm³/mol. The molecule has 39 heavy (non-hydrogen) atoms. The van der Waals surface area contributed by atoms with Crippen LogP contribution in [0.4, 0.5) is 10.7 Å². The van der Waals surface area contributed by atoms with Gasteiger partial charge in [0.1, 0.15) is 5.60 Å². The van der Waals surface area contributed by atoms with E-state index in [1.165, 1.54) is 0 Å². The minimum atomic E-state index is -0.543. The number of benzene rings is 2. The minimum absolute atomic E-state index is 0.337. The van der Waals surface area contributed by atoms with Crippen molar-refractivity contribution in [3.63, 3.8) is 0 Å². The molecular formula is C31H35N5O3. The SMILES string of the molecule is CC(C)(C)OC(=O)NC1(c2ccc(-n3c(-c4ccccc4)cc4nc(N5CCC(O)C5)ncc43)cc2)CCC1. The normalized spacial score (nSPS) is 18.7. The molecule has 1 amide bonds. The third kappa shape index (κ3) is 4.96. The summed E-state index contributed by atoms with van der Waals surface area (Å²) in [5.74, 6) is 0.645. The highest BCUT2D eigenvalue weighted by molar-refractivity contribution is 5.86. The van der Waals surface area contributed by atoms with E-state index in [0.29, 0.717) is 12.5 Å². The van der Waals surface area contributed by atoms with Crippen molar-refractivity contribution < 1.29 is 14.6 Å². The highest BCUT2D eigenvalue weighted by Gasteiger charge is 2.41. The molecule has 1 aliphatic carbocycles. The van der Waals surface area contributed by atoms with Gasteiger partial charge < -0.3 is 24.6 Å². The summed E-state index contributed by atoms with van der Waals surface area (Å²) in [5, 5.41) is 13.1. The van der Waals surface area contributed by atoms with Crippen molar-refractivity contribution in [2.45, 2.75) is 63.7 Å². The average molecular weight is 526 g/mol. The number of aromatic nitrogens is 3. The number of ether oxygens (including phenoxy) is 1. The smallest absolute Gasteiger partial charge is 0.408 e. The lowest BCUT2D eigenvalue weighted by Crippen LogP contribution is -2.52. The van der Waals surface area contributed by atoms with E-state index >= 15 is 0 Å². The number of nitrogens with zero attached hydrogens (tertiary/aromatic N) is 4. The molecule has 0 bridgehead atoms. The molecule has 8 heteroatoms. The van der Waals surface area contributed by atoms with Gasteiger partial charge in [0.25, 0.3) is 0 Å². The van der Waals surface area contributed by atoms with Crippen LogP contribution in [-0.2, 0) is 10.3 Å². The van der Waals surface area contributed by atoms with Crippen molar-refractivity contribution in [2.24, 2.45) is 0 Å². The van der Waals surface area contributed by atoms with E-state index in [4.69, 9.17) is 9.72 Å². The zero-order valence-electron chi connectivity index (χ0n) is 22.7. The van der Waals surface area contributed by atoms with Crippen LogP contribution in [0, 0.1) is 0 Å². The van der Waals surface area contributed by atoms with E-state index < -0.39 is 11.1 Å². The molecule has 2 aromatic heterocycles. The summed E-state index contributed by atoms with van der Waals surface area (Å²) >= 11 is 0. The Labute approximate surface area is 228 Å². The lowest BCUT2D eigenvalue weighted by atomic mass is 9.72. The summed E-state index contributed by atoms with van der Waals surface area (Å²) in [6.45, 7) is 6.93. The third-order valence-electron chi connectivity index (χ3n) is 7.68. The maximum absolute atomic E-state index is 12.6. The van der Waals surface area contributed by atoms with E-state index in [9.17, 15) is 9.90 Å². The number of carbonyl (C=O) groups excluding carboxylic acids is 1. The van der Waals surface area contributed by atoms with Crippen molar-refractivity contribution >= 4 is 23.1 Å². The molecule has 2 aromatic carbocycles. The van der Waals surface area contributed by atoms with Gasteiger partial charge >= 0.3 is 6.09 Å². The highest BCUT2D eigenvalue weighted by Crippen LogP contribution is 2.42. The Balaban J connectivity index is 1.37. The Bertz CT molecular complexity index is 1490.